The van der Waals surface area contributed by atoms with Gasteiger partial charge in [0.15, 0.2) is 0 Å². The van der Waals surface area contributed by atoms with Crippen molar-refractivity contribution in [2.45, 2.75) is 0 Å². The second-order valence-electron chi connectivity index (χ2n) is 5.85. The SMILES string of the molecule is CN(c1ccccc1)c1nc(Cl)nc2scc(-c3cccc([N+](=O)[O-])c3)c12. The lowest BCUT2D eigenvalue weighted by Crippen LogP contribution is -2.12. The molecule has 6 nitrogen and oxygen atoms in total. The first-order chi connectivity index (χ1) is 13.0. The molecule has 2 heterocycles. The number of anilines is 2. The van der Waals surface area contributed by atoms with E-state index in [1.54, 1.807) is 12.1 Å². The van der Waals surface area contributed by atoms with Crippen LogP contribution in [0.4, 0.5) is 17.2 Å². The third-order valence-corrected chi connectivity index (χ3v) is 5.26. The van der Waals surface area contributed by atoms with Crippen LogP contribution in [0.1, 0.15) is 0 Å². The Hall–Kier alpha value is -3.03. The minimum Gasteiger partial charge on any atom is -0.329 e. The molecular formula is C19H13ClN4O2S. The summed E-state index contributed by atoms with van der Waals surface area (Å²) in [6, 6.07) is 16.3. The van der Waals surface area contributed by atoms with Gasteiger partial charge < -0.3 is 4.90 Å². The minimum absolute atomic E-state index is 0.0414. The highest BCUT2D eigenvalue weighted by atomic mass is 35.5. The fourth-order valence-electron chi connectivity index (χ4n) is 2.91. The van der Waals surface area contributed by atoms with Gasteiger partial charge in [0, 0.05) is 35.8 Å². The quantitative estimate of drug-likeness (QED) is 0.252. The van der Waals surface area contributed by atoms with Gasteiger partial charge in [-0.1, -0.05) is 30.3 Å². The van der Waals surface area contributed by atoms with Gasteiger partial charge in [0.2, 0.25) is 5.28 Å². The molecule has 2 aromatic carbocycles. The molecule has 0 aliphatic rings. The molecule has 4 rings (SSSR count). The van der Waals surface area contributed by atoms with Gasteiger partial charge in [-0.2, -0.15) is 4.98 Å². The Balaban J connectivity index is 1.94. The maximum atomic E-state index is 11.1. The van der Waals surface area contributed by atoms with E-state index in [0.717, 1.165) is 27.0 Å². The molecule has 0 aliphatic heterocycles. The predicted octanol–water partition coefficient (Wildman–Crippen LogP) is 5.69. The van der Waals surface area contributed by atoms with Crippen LogP contribution in [0, 0.1) is 10.1 Å². The third-order valence-electron chi connectivity index (χ3n) is 4.22. The highest BCUT2D eigenvalue weighted by Gasteiger charge is 2.19. The van der Waals surface area contributed by atoms with E-state index >= 15 is 0 Å². The fraction of sp³-hybridized carbons (Fsp3) is 0.0526. The summed E-state index contributed by atoms with van der Waals surface area (Å²) in [4.78, 5) is 22.2. The van der Waals surface area contributed by atoms with Crippen LogP contribution in [0.25, 0.3) is 21.3 Å². The van der Waals surface area contributed by atoms with Gasteiger partial charge in [-0.05, 0) is 29.3 Å². The van der Waals surface area contributed by atoms with Crippen LogP contribution < -0.4 is 4.90 Å². The number of nitro groups is 1. The average molecular weight is 397 g/mol. The summed E-state index contributed by atoms with van der Waals surface area (Å²) < 4.78 is 0. The van der Waals surface area contributed by atoms with Gasteiger partial charge in [-0.25, -0.2) is 4.98 Å². The number of hydrogen-bond acceptors (Lipinski definition) is 6. The van der Waals surface area contributed by atoms with Crippen LogP contribution >= 0.6 is 22.9 Å². The largest absolute Gasteiger partial charge is 0.329 e. The summed E-state index contributed by atoms with van der Waals surface area (Å²) in [6.07, 6.45) is 0. The van der Waals surface area contributed by atoms with Gasteiger partial charge in [0.25, 0.3) is 5.69 Å². The topological polar surface area (TPSA) is 72.2 Å². The van der Waals surface area contributed by atoms with Crippen molar-refractivity contribution in [2.24, 2.45) is 0 Å². The minimum atomic E-state index is -0.400. The van der Waals surface area contributed by atoms with Crippen LogP contribution in [0.2, 0.25) is 5.28 Å². The molecule has 4 aromatic rings. The summed E-state index contributed by atoms with van der Waals surface area (Å²) in [5.41, 5.74) is 2.57. The first kappa shape index (κ1) is 17.4. The Kier molecular flexibility index (Phi) is 4.47. The molecule has 0 saturated heterocycles. The molecule has 0 N–H and O–H groups in total. The number of hydrogen-bond donors (Lipinski definition) is 0. The molecule has 0 fully saturated rings. The fourth-order valence-corrected chi connectivity index (χ4v) is 4.07. The van der Waals surface area contributed by atoms with E-state index in [0.29, 0.717) is 5.82 Å². The maximum Gasteiger partial charge on any atom is 0.270 e. The maximum absolute atomic E-state index is 11.1. The zero-order valence-electron chi connectivity index (χ0n) is 14.2. The first-order valence-corrected chi connectivity index (χ1v) is 9.28. The second-order valence-corrected chi connectivity index (χ2v) is 7.04. The number of halogens is 1. The number of thiophene rings is 1. The molecule has 0 bridgehead atoms. The molecule has 0 radical (unpaired) electrons. The smallest absolute Gasteiger partial charge is 0.270 e. The number of benzene rings is 2. The summed E-state index contributed by atoms with van der Waals surface area (Å²) in [5.74, 6) is 0.652. The molecule has 2 aromatic heterocycles. The monoisotopic (exact) mass is 396 g/mol. The van der Waals surface area contributed by atoms with Gasteiger partial charge in [0.05, 0.1) is 10.3 Å². The molecule has 0 aliphatic carbocycles. The number of rotatable bonds is 4. The van der Waals surface area contributed by atoms with Crippen molar-refractivity contribution < 1.29 is 4.92 Å². The highest BCUT2D eigenvalue weighted by molar-refractivity contribution is 7.17. The van der Waals surface area contributed by atoms with Crippen molar-refractivity contribution in [2.75, 3.05) is 11.9 Å². The van der Waals surface area contributed by atoms with Crippen LogP contribution in [-0.2, 0) is 0 Å². The number of nitrogens with zero attached hydrogens (tertiary/aromatic N) is 4. The molecule has 0 atom stereocenters. The molecule has 0 unspecified atom stereocenters. The van der Waals surface area contributed by atoms with Crippen molar-refractivity contribution in [3.8, 4) is 11.1 Å². The number of non-ortho nitro benzene ring substituents is 1. The van der Waals surface area contributed by atoms with E-state index in [1.165, 1.54) is 17.4 Å². The first-order valence-electron chi connectivity index (χ1n) is 8.03. The van der Waals surface area contributed by atoms with E-state index < -0.39 is 4.92 Å². The average Bonchev–Trinajstić information content (AvgIpc) is 3.11. The van der Waals surface area contributed by atoms with Crippen molar-refractivity contribution >= 4 is 50.3 Å². The molecule has 134 valence electrons. The number of para-hydroxylation sites is 1. The van der Waals surface area contributed by atoms with Crippen LogP contribution in [-0.4, -0.2) is 21.9 Å². The Morgan fingerprint density at radius 3 is 2.63 bits per heavy atom. The second kappa shape index (κ2) is 6.94. The van der Waals surface area contributed by atoms with Crippen molar-refractivity contribution in [1.82, 2.24) is 9.97 Å². The zero-order valence-corrected chi connectivity index (χ0v) is 15.7. The van der Waals surface area contributed by atoms with Gasteiger partial charge in [-0.3, -0.25) is 10.1 Å². The summed E-state index contributed by atoms with van der Waals surface area (Å²) in [5, 5.41) is 14.1. The van der Waals surface area contributed by atoms with Crippen LogP contribution in [0.15, 0.2) is 60.0 Å². The Morgan fingerprint density at radius 1 is 1.11 bits per heavy atom. The van der Waals surface area contributed by atoms with E-state index in [1.807, 2.05) is 53.7 Å². The van der Waals surface area contributed by atoms with E-state index in [-0.39, 0.29) is 11.0 Å². The number of aromatic nitrogens is 2. The molecule has 0 amide bonds. The lowest BCUT2D eigenvalue weighted by Gasteiger charge is -2.20. The van der Waals surface area contributed by atoms with E-state index in [4.69, 9.17) is 11.6 Å². The Bertz CT molecular complexity index is 1150. The van der Waals surface area contributed by atoms with Crippen LogP contribution in [0.5, 0.6) is 0 Å². The number of fused-ring (bicyclic) bond motifs is 1. The predicted molar refractivity (Wildman–Crippen MR) is 109 cm³/mol. The van der Waals surface area contributed by atoms with E-state index in [2.05, 4.69) is 9.97 Å². The molecule has 8 heteroatoms. The standard InChI is InChI=1S/C19H13ClN4O2S/c1-23(13-7-3-2-4-8-13)17-16-15(11-27-18(16)22-19(20)21-17)12-6-5-9-14(10-12)24(25)26/h2-11H,1H3. The lowest BCUT2D eigenvalue weighted by molar-refractivity contribution is -0.384. The molecule has 0 saturated carbocycles. The zero-order chi connectivity index (χ0) is 19.0. The molecular weight excluding hydrogens is 384 g/mol. The van der Waals surface area contributed by atoms with Crippen molar-refractivity contribution in [1.29, 1.82) is 0 Å². The van der Waals surface area contributed by atoms with Crippen molar-refractivity contribution in [3.05, 3.63) is 75.4 Å². The molecule has 0 spiro atoms. The Morgan fingerprint density at radius 2 is 1.89 bits per heavy atom. The van der Waals surface area contributed by atoms with Gasteiger partial charge in [0.1, 0.15) is 10.6 Å². The third kappa shape index (κ3) is 3.22. The lowest BCUT2D eigenvalue weighted by atomic mass is 10.1. The van der Waals surface area contributed by atoms with Crippen LogP contribution in [0.3, 0.4) is 0 Å². The van der Waals surface area contributed by atoms with Crippen molar-refractivity contribution in [3.63, 3.8) is 0 Å². The highest BCUT2D eigenvalue weighted by Crippen LogP contribution is 2.40. The summed E-state index contributed by atoms with van der Waals surface area (Å²) in [7, 11) is 1.91. The summed E-state index contributed by atoms with van der Waals surface area (Å²) in [6.45, 7) is 0. The normalized spacial score (nSPS) is 10.9. The Labute approximate surface area is 163 Å². The van der Waals surface area contributed by atoms with Gasteiger partial charge in [-0.15, -0.1) is 11.3 Å². The van der Waals surface area contributed by atoms with E-state index in [9.17, 15) is 10.1 Å². The summed E-state index contributed by atoms with van der Waals surface area (Å²) >= 11 is 7.58. The number of nitro benzene ring substituents is 1. The molecule has 27 heavy (non-hydrogen) atoms. The van der Waals surface area contributed by atoms with Gasteiger partial charge >= 0.3 is 0 Å².